The van der Waals surface area contributed by atoms with E-state index >= 15 is 0 Å². The van der Waals surface area contributed by atoms with Crippen molar-refractivity contribution in [2.75, 3.05) is 5.32 Å². The molecule has 3 aromatic rings. The van der Waals surface area contributed by atoms with Gasteiger partial charge < -0.3 is 10.3 Å². The van der Waals surface area contributed by atoms with Gasteiger partial charge in [-0.2, -0.15) is 5.10 Å². The lowest BCUT2D eigenvalue weighted by Crippen LogP contribution is -2.15. The highest BCUT2D eigenvalue weighted by molar-refractivity contribution is 6.35. The van der Waals surface area contributed by atoms with Gasteiger partial charge in [0.25, 0.3) is 5.91 Å². The predicted octanol–water partition coefficient (Wildman–Crippen LogP) is 3.32. The Hall–Kier alpha value is -2.57. The summed E-state index contributed by atoms with van der Waals surface area (Å²) in [6.45, 7) is 0. The molecule has 0 fully saturated rings. The highest BCUT2D eigenvalue weighted by Gasteiger charge is 2.10. The van der Waals surface area contributed by atoms with Gasteiger partial charge in [-0.25, -0.2) is 0 Å². The zero-order chi connectivity index (χ0) is 16.4. The number of anilines is 1. The summed E-state index contributed by atoms with van der Waals surface area (Å²) in [4.78, 5) is 25.7. The van der Waals surface area contributed by atoms with Gasteiger partial charge in [-0.3, -0.25) is 14.7 Å². The summed E-state index contributed by atoms with van der Waals surface area (Å²) >= 11 is 11.9. The van der Waals surface area contributed by atoms with Crippen molar-refractivity contribution in [2.24, 2.45) is 0 Å². The van der Waals surface area contributed by atoms with Gasteiger partial charge in [0.1, 0.15) is 0 Å². The molecular weight excluding hydrogens is 339 g/mol. The van der Waals surface area contributed by atoms with Crippen LogP contribution in [0.25, 0.3) is 11.3 Å². The van der Waals surface area contributed by atoms with Crippen LogP contribution in [0.5, 0.6) is 0 Å². The van der Waals surface area contributed by atoms with Crippen molar-refractivity contribution in [3.63, 3.8) is 0 Å². The van der Waals surface area contributed by atoms with Crippen molar-refractivity contribution in [3.05, 3.63) is 68.6 Å². The number of nitrogens with zero attached hydrogens (tertiary/aromatic N) is 1. The number of rotatable bonds is 3. The van der Waals surface area contributed by atoms with Crippen LogP contribution in [0, 0.1) is 0 Å². The maximum Gasteiger partial charge on any atom is 0.257 e. The molecule has 0 aliphatic heterocycles. The van der Waals surface area contributed by atoms with Crippen LogP contribution in [0.2, 0.25) is 10.0 Å². The lowest BCUT2D eigenvalue weighted by atomic mass is 10.1. The molecule has 0 aliphatic rings. The smallest absolute Gasteiger partial charge is 0.257 e. The summed E-state index contributed by atoms with van der Waals surface area (Å²) in [6.07, 6.45) is 1.40. The summed E-state index contributed by atoms with van der Waals surface area (Å²) in [6, 6.07) is 9.43. The molecule has 0 radical (unpaired) electrons. The zero-order valence-corrected chi connectivity index (χ0v) is 13.1. The van der Waals surface area contributed by atoms with Crippen molar-refractivity contribution in [1.29, 1.82) is 0 Å². The minimum absolute atomic E-state index is 0.240. The number of nitrogens with one attached hydrogen (secondary N) is 3. The SMILES string of the molecule is O=C(Nc1cc(-c2cc(Cl)cc(Cl)c2)[nH]n1)c1cc[nH]c(=O)c1. The maximum absolute atomic E-state index is 12.1. The Bertz CT molecular complexity index is 913. The van der Waals surface area contributed by atoms with E-state index in [0.717, 1.165) is 5.56 Å². The fourth-order valence-corrected chi connectivity index (χ4v) is 2.54. The minimum Gasteiger partial charge on any atom is -0.329 e. The molecule has 0 aliphatic carbocycles. The summed E-state index contributed by atoms with van der Waals surface area (Å²) in [7, 11) is 0. The van der Waals surface area contributed by atoms with Crippen molar-refractivity contribution >= 4 is 34.9 Å². The van der Waals surface area contributed by atoms with Gasteiger partial charge in [0.2, 0.25) is 5.56 Å². The molecule has 0 saturated heterocycles. The van der Waals surface area contributed by atoms with Crippen molar-refractivity contribution in [2.45, 2.75) is 0 Å². The first-order valence-corrected chi connectivity index (χ1v) is 7.29. The Morgan fingerprint density at radius 2 is 1.83 bits per heavy atom. The van der Waals surface area contributed by atoms with E-state index in [1.165, 1.54) is 18.3 Å². The number of aromatic amines is 2. The number of hydrogen-bond donors (Lipinski definition) is 3. The van der Waals surface area contributed by atoms with Crippen molar-refractivity contribution in [3.8, 4) is 11.3 Å². The van der Waals surface area contributed by atoms with E-state index in [0.29, 0.717) is 21.6 Å². The largest absolute Gasteiger partial charge is 0.329 e. The molecule has 116 valence electrons. The second kappa shape index (κ2) is 6.28. The Morgan fingerprint density at radius 3 is 2.52 bits per heavy atom. The number of pyridine rings is 1. The van der Waals surface area contributed by atoms with E-state index in [-0.39, 0.29) is 11.1 Å². The Balaban J connectivity index is 1.82. The first-order valence-electron chi connectivity index (χ1n) is 6.53. The average Bonchev–Trinajstić information content (AvgIpc) is 2.95. The van der Waals surface area contributed by atoms with E-state index in [9.17, 15) is 9.59 Å². The van der Waals surface area contributed by atoms with Crippen LogP contribution >= 0.6 is 23.2 Å². The van der Waals surface area contributed by atoms with Crippen molar-refractivity contribution in [1.82, 2.24) is 15.2 Å². The first kappa shape index (κ1) is 15.3. The maximum atomic E-state index is 12.1. The van der Waals surface area contributed by atoms with Gasteiger partial charge in [-0.05, 0) is 24.3 Å². The highest BCUT2D eigenvalue weighted by atomic mass is 35.5. The Kier molecular flexibility index (Phi) is 4.18. The zero-order valence-electron chi connectivity index (χ0n) is 11.6. The summed E-state index contributed by atoms with van der Waals surface area (Å²) < 4.78 is 0. The monoisotopic (exact) mass is 348 g/mol. The second-order valence-electron chi connectivity index (χ2n) is 4.72. The van der Waals surface area contributed by atoms with Crippen LogP contribution in [0.15, 0.2) is 47.4 Å². The molecule has 0 bridgehead atoms. The fraction of sp³-hybridized carbons (Fsp3) is 0. The molecule has 2 aromatic heterocycles. The lowest BCUT2D eigenvalue weighted by Gasteiger charge is -2.01. The molecule has 2 heterocycles. The fourth-order valence-electron chi connectivity index (χ4n) is 2.02. The number of carbonyl (C=O) groups is 1. The van der Waals surface area contributed by atoms with Gasteiger partial charge in [0, 0.05) is 39.5 Å². The lowest BCUT2D eigenvalue weighted by molar-refractivity contribution is 0.102. The molecule has 0 saturated carbocycles. The second-order valence-corrected chi connectivity index (χ2v) is 5.59. The topological polar surface area (TPSA) is 90.6 Å². The summed E-state index contributed by atoms with van der Waals surface area (Å²) in [5.74, 6) is -0.111. The van der Waals surface area contributed by atoms with E-state index in [4.69, 9.17) is 23.2 Å². The first-order chi connectivity index (χ1) is 11.0. The number of aromatic nitrogens is 3. The van der Waals surface area contributed by atoms with Crippen LogP contribution < -0.4 is 10.9 Å². The molecule has 23 heavy (non-hydrogen) atoms. The normalized spacial score (nSPS) is 10.5. The molecule has 0 unspecified atom stereocenters. The molecular formula is C15H10Cl2N4O2. The summed E-state index contributed by atoms with van der Waals surface area (Å²) in [5, 5.41) is 10.4. The number of halogens is 2. The number of hydrogen-bond acceptors (Lipinski definition) is 3. The van der Waals surface area contributed by atoms with Crippen LogP contribution in [-0.4, -0.2) is 21.1 Å². The average molecular weight is 349 g/mol. The van der Waals surface area contributed by atoms with Crippen LogP contribution in [0.1, 0.15) is 10.4 Å². The van der Waals surface area contributed by atoms with Crippen LogP contribution in [0.3, 0.4) is 0 Å². The predicted molar refractivity (Wildman–Crippen MR) is 89.1 cm³/mol. The van der Waals surface area contributed by atoms with Crippen LogP contribution in [-0.2, 0) is 0 Å². The van der Waals surface area contributed by atoms with Gasteiger partial charge in [0.15, 0.2) is 5.82 Å². The number of H-pyrrole nitrogens is 2. The molecule has 3 rings (SSSR count). The molecule has 1 aromatic carbocycles. The number of benzene rings is 1. The number of amides is 1. The van der Waals surface area contributed by atoms with E-state index < -0.39 is 5.91 Å². The molecule has 8 heteroatoms. The quantitative estimate of drug-likeness (QED) is 0.677. The van der Waals surface area contributed by atoms with Gasteiger partial charge >= 0.3 is 0 Å². The standard InChI is InChI=1S/C15H10Cl2N4O2/c16-10-3-9(4-11(17)6-10)12-7-13(21-20-12)19-15(23)8-1-2-18-14(22)5-8/h1-7H,(H,18,22)(H2,19,20,21,23). The Morgan fingerprint density at radius 1 is 1.09 bits per heavy atom. The van der Waals surface area contributed by atoms with Gasteiger partial charge in [0.05, 0.1) is 5.69 Å². The van der Waals surface area contributed by atoms with Crippen LogP contribution in [0.4, 0.5) is 5.82 Å². The van der Waals surface area contributed by atoms with Gasteiger partial charge in [-0.15, -0.1) is 0 Å². The van der Waals surface area contributed by atoms with Crippen molar-refractivity contribution < 1.29 is 4.79 Å². The molecule has 0 spiro atoms. The highest BCUT2D eigenvalue weighted by Crippen LogP contribution is 2.27. The Labute approximate surface area is 140 Å². The molecule has 3 N–H and O–H groups in total. The van der Waals surface area contributed by atoms with E-state index in [1.807, 2.05) is 0 Å². The van der Waals surface area contributed by atoms with Gasteiger partial charge in [-0.1, -0.05) is 23.2 Å². The van der Waals surface area contributed by atoms with E-state index in [2.05, 4.69) is 20.5 Å². The number of carbonyl (C=O) groups excluding carboxylic acids is 1. The molecule has 0 atom stereocenters. The third-order valence-electron chi connectivity index (χ3n) is 3.03. The van der Waals surface area contributed by atoms with E-state index in [1.54, 1.807) is 24.3 Å². The third-order valence-corrected chi connectivity index (χ3v) is 3.47. The molecule has 6 nitrogen and oxygen atoms in total. The third kappa shape index (κ3) is 3.61. The molecule has 1 amide bonds. The minimum atomic E-state index is -0.432. The summed E-state index contributed by atoms with van der Waals surface area (Å²) in [5.41, 5.74) is 1.28.